The van der Waals surface area contributed by atoms with Crippen molar-refractivity contribution >= 4 is 39.2 Å². The number of rotatable bonds is 6. The van der Waals surface area contributed by atoms with Crippen LogP contribution in [-0.4, -0.2) is 33.4 Å². The average molecular weight is 461 g/mol. The highest BCUT2D eigenvalue weighted by molar-refractivity contribution is 9.10. The molecule has 0 N–H and O–H groups in total. The summed E-state index contributed by atoms with van der Waals surface area (Å²) in [6.07, 6.45) is 1.88. The van der Waals surface area contributed by atoms with Crippen molar-refractivity contribution in [3.8, 4) is 0 Å². The van der Waals surface area contributed by atoms with E-state index in [0.29, 0.717) is 28.3 Å². The van der Waals surface area contributed by atoms with Crippen molar-refractivity contribution in [2.75, 3.05) is 7.05 Å². The van der Waals surface area contributed by atoms with Crippen molar-refractivity contribution in [1.29, 1.82) is 0 Å². The van der Waals surface area contributed by atoms with Crippen molar-refractivity contribution in [3.63, 3.8) is 0 Å². The van der Waals surface area contributed by atoms with Gasteiger partial charge in [0.1, 0.15) is 0 Å². The minimum absolute atomic E-state index is 0.217. The maximum Gasteiger partial charge on any atom is 0.254 e. The normalized spacial score (nSPS) is 10.7. The minimum atomic E-state index is -0.240. The summed E-state index contributed by atoms with van der Waals surface area (Å²) in [7, 11) is 1.70. The van der Waals surface area contributed by atoms with Gasteiger partial charge in [-0.25, -0.2) is 0 Å². The Balaban J connectivity index is 1.86. The van der Waals surface area contributed by atoms with Crippen LogP contribution in [0.25, 0.3) is 0 Å². The van der Waals surface area contributed by atoms with E-state index < -0.39 is 0 Å². The molecule has 1 heterocycles. The van der Waals surface area contributed by atoms with Gasteiger partial charge >= 0.3 is 0 Å². The van der Waals surface area contributed by atoms with Gasteiger partial charge in [-0.1, -0.05) is 29.8 Å². The first-order valence-corrected chi connectivity index (χ1v) is 9.94. The second-order valence-corrected chi connectivity index (χ2v) is 7.61. The molecule has 0 radical (unpaired) electrons. The first-order valence-electron chi connectivity index (χ1n) is 8.77. The van der Waals surface area contributed by atoms with Gasteiger partial charge in [0, 0.05) is 35.9 Å². The lowest BCUT2D eigenvalue weighted by Crippen LogP contribution is -2.28. The number of halogens is 2. The van der Waals surface area contributed by atoms with Crippen LogP contribution in [0.5, 0.6) is 0 Å². The Hall–Kier alpha value is -2.44. The number of hydrogen-bond acceptors (Lipinski definition) is 3. The van der Waals surface area contributed by atoms with Crippen molar-refractivity contribution in [2.45, 2.75) is 20.0 Å². The summed E-state index contributed by atoms with van der Waals surface area (Å²) in [5.41, 5.74) is 1.96. The van der Waals surface area contributed by atoms with Crippen molar-refractivity contribution in [1.82, 2.24) is 14.7 Å². The van der Waals surface area contributed by atoms with E-state index in [-0.39, 0.29) is 11.7 Å². The fraction of sp³-hybridized carbons (Fsp3) is 0.190. The highest BCUT2D eigenvalue weighted by atomic mass is 79.9. The Morgan fingerprint density at radius 3 is 2.36 bits per heavy atom. The average Bonchev–Trinajstić information content (AvgIpc) is 3.07. The quantitative estimate of drug-likeness (QED) is 0.496. The summed E-state index contributed by atoms with van der Waals surface area (Å²) in [6.45, 7) is 3.07. The van der Waals surface area contributed by atoms with E-state index in [9.17, 15) is 9.59 Å². The standard InChI is InChI=1S/C21H19BrClN3O2/c1-3-26-12-18(22)19(24-26)13-25(2)21(28)17-7-5-4-6-16(17)20(27)14-8-10-15(23)11-9-14/h4-12H,3,13H2,1-2H3. The third-order valence-electron chi connectivity index (χ3n) is 4.35. The Kier molecular flexibility index (Phi) is 6.31. The van der Waals surface area contributed by atoms with Gasteiger partial charge in [-0.15, -0.1) is 0 Å². The first kappa shape index (κ1) is 20.3. The summed E-state index contributed by atoms with van der Waals surface area (Å²) in [5, 5.41) is 5.01. The van der Waals surface area contributed by atoms with Crippen LogP contribution in [0.2, 0.25) is 5.02 Å². The minimum Gasteiger partial charge on any atom is -0.336 e. The zero-order valence-electron chi connectivity index (χ0n) is 15.5. The highest BCUT2D eigenvalue weighted by Gasteiger charge is 2.22. The lowest BCUT2D eigenvalue weighted by atomic mass is 9.97. The molecule has 7 heteroatoms. The summed E-state index contributed by atoms with van der Waals surface area (Å²) >= 11 is 9.38. The molecule has 28 heavy (non-hydrogen) atoms. The monoisotopic (exact) mass is 459 g/mol. The molecule has 1 amide bonds. The molecule has 1 aromatic heterocycles. The summed E-state index contributed by atoms with van der Waals surface area (Å²) in [4.78, 5) is 27.5. The third kappa shape index (κ3) is 4.34. The molecule has 3 aromatic rings. The zero-order valence-corrected chi connectivity index (χ0v) is 17.9. The lowest BCUT2D eigenvalue weighted by Gasteiger charge is -2.18. The Morgan fingerprint density at radius 1 is 1.11 bits per heavy atom. The molecule has 0 aliphatic rings. The Morgan fingerprint density at radius 2 is 1.75 bits per heavy atom. The van der Waals surface area contributed by atoms with Crippen LogP contribution in [0, 0.1) is 0 Å². The third-order valence-corrected chi connectivity index (χ3v) is 5.27. The fourth-order valence-corrected chi connectivity index (χ4v) is 3.40. The van der Waals surface area contributed by atoms with Crippen LogP contribution in [0.4, 0.5) is 0 Å². The molecule has 0 saturated carbocycles. The van der Waals surface area contributed by atoms with Gasteiger partial charge in [0.25, 0.3) is 5.91 Å². The highest BCUT2D eigenvalue weighted by Crippen LogP contribution is 2.21. The van der Waals surface area contributed by atoms with Crippen LogP contribution in [0.15, 0.2) is 59.2 Å². The largest absolute Gasteiger partial charge is 0.336 e. The molecule has 3 rings (SSSR count). The number of aromatic nitrogens is 2. The topological polar surface area (TPSA) is 55.2 Å². The predicted octanol–water partition coefficient (Wildman–Crippen LogP) is 4.82. The van der Waals surface area contributed by atoms with Crippen molar-refractivity contribution < 1.29 is 9.59 Å². The number of nitrogens with zero attached hydrogens (tertiary/aromatic N) is 3. The van der Waals surface area contributed by atoms with Crippen LogP contribution >= 0.6 is 27.5 Å². The maximum absolute atomic E-state index is 13.1. The second kappa shape index (κ2) is 8.71. The molecule has 0 bridgehead atoms. The summed E-state index contributed by atoms with van der Waals surface area (Å²) in [5.74, 6) is -0.457. The molecule has 0 fully saturated rings. The van der Waals surface area contributed by atoms with E-state index in [1.54, 1.807) is 65.2 Å². The van der Waals surface area contributed by atoms with Crippen molar-refractivity contribution in [3.05, 3.63) is 86.6 Å². The number of benzene rings is 2. The Labute approximate surface area is 177 Å². The second-order valence-electron chi connectivity index (χ2n) is 6.32. The van der Waals surface area contributed by atoms with Crippen molar-refractivity contribution in [2.24, 2.45) is 0 Å². The van der Waals surface area contributed by atoms with Crippen LogP contribution in [0.3, 0.4) is 0 Å². The van der Waals surface area contributed by atoms with Crippen LogP contribution < -0.4 is 0 Å². The van der Waals surface area contributed by atoms with Crippen LogP contribution in [0.1, 0.15) is 38.9 Å². The van der Waals surface area contributed by atoms with Gasteiger partial charge in [-0.2, -0.15) is 5.10 Å². The molecule has 0 aliphatic carbocycles. The molecular formula is C21H19BrClN3O2. The van der Waals surface area contributed by atoms with E-state index in [4.69, 9.17) is 11.6 Å². The molecule has 0 spiro atoms. The molecule has 0 unspecified atom stereocenters. The molecule has 0 aliphatic heterocycles. The number of carbonyl (C=O) groups excluding carboxylic acids is 2. The van der Waals surface area contributed by atoms with Gasteiger partial charge in [0.15, 0.2) is 5.78 Å². The maximum atomic E-state index is 13.1. The van der Waals surface area contributed by atoms with Gasteiger partial charge in [-0.3, -0.25) is 14.3 Å². The molecule has 5 nitrogen and oxygen atoms in total. The number of carbonyl (C=O) groups is 2. The molecule has 0 saturated heterocycles. The van der Waals surface area contributed by atoms with E-state index in [0.717, 1.165) is 16.7 Å². The summed E-state index contributed by atoms with van der Waals surface area (Å²) < 4.78 is 2.65. The molecule has 0 atom stereocenters. The van der Waals surface area contributed by atoms with Gasteiger partial charge < -0.3 is 4.90 Å². The molecular weight excluding hydrogens is 442 g/mol. The van der Waals surface area contributed by atoms with Crippen LogP contribution in [-0.2, 0) is 13.1 Å². The zero-order chi connectivity index (χ0) is 20.3. The smallest absolute Gasteiger partial charge is 0.254 e. The number of ketones is 1. The van der Waals surface area contributed by atoms with Gasteiger partial charge in [0.2, 0.25) is 0 Å². The predicted molar refractivity (Wildman–Crippen MR) is 113 cm³/mol. The number of amides is 1. The van der Waals surface area contributed by atoms with E-state index in [1.807, 2.05) is 13.1 Å². The van der Waals surface area contributed by atoms with E-state index in [1.165, 1.54) is 0 Å². The molecule has 144 valence electrons. The lowest BCUT2D eigenvalue weighted by molar-refractivity contribution is 0.0778. The number of hydrogen-bond donors (Lipinski definition) is 0. The Bertz CT molecular complexity index is 1010. The SMILES string of the molecule is CCn1cc(Br)c(CN(C)C(=O)c2ccccc2C(=O)c2ccc(Cl)cc2)n1. The first-order chi connectivity index (χ1) is 13.4. The van der Waals surface area contributed by atoms with Gasteiger partial charge in [0.05, 0.1) is 22.3 Å². The van der Waals surface area contributed by atoms with Gasteiger partial charge in [-0.05, 0) is 53.2 Å². The number of aryl methyl sites for hydroxylation is 1. The fourth-order valence-electron chi connectivity index (χ4n) is 2.83. The van der Waals surface area contributed by atoms with E-state index in [2.05, 4.69) is 21.0 Å². The molecule has 2 aromatic carbocycles. The van der Waals surface area contributed by atoms with E-state index >= 15 is 0 Å². The summed E-state index contributed by atoms with van der Waals surface area (Å²) in [6, 6.07) is 13.5.